The van der Waals surface area contributed by atoms with Gasteiger partial charge in [0.2, 0.25) is 0 Å². The summed E-state index contributed by atoms with van der Waals surface area (Å²) in [6, 6.07) is 5.01. The van der Waals surface area contributed by atoms with E-state index in [2.05, 4.69) is 5.48 Å². The summed E-state index contributed by atoms with van der Waals surface area (Å²) in [5.41, 5.74) is 3.93. The molecule has 0 aliphatic carbocycles. The van der Waals surface area contributed by atoms with Crippen LogP contribution in [0.25, 0.3) is 5.70 Å². The van der Waals surface area contributed by atoms with Crippen molar-refractivity contribution in [2.75, 3.05) is 6.61 Å². The maximum atomic E-state index is 10.6. The van der Waals surface area contributed by atoms with Crippen molar-refractivity contribution in [3.05, 3.63) is 39.9 Å². The molecule has 0 aliphatic heterocycles. The van der Waals surface area contributed by atoms with Crippen molar-refractivity contribution in [2.45, 2.75) is 13.3 Å². The Bertz CT molecular complexity index is 461. The third-order valence-electron chi connectivity index (χ3n) is 2.04. The SMILES string of the molecule is CCON/C(=C\CC(=O)O)c1ccc(Cl)c(Cl)c1. The molecule has 0 unspecified atom stereocenters. The topological polar surface area (TPSA) is 58.6 Å². The first-order chi connectivity index (χ1) is 8.54. The van der Waals surface area contributed by atoms with Crippen molar-refractivity contribution in [3.63, 3.8) is 0 Å². The zero-order valence-corrected chi connectivity index (χ0v) is 11.3. The molecule has 0 atom stereocenters. The van der Waals surface area contributed by atoms with Gasteiger partial charge in [-0.3, -0.25) is 15.1 Å². The normalized spacial score (nSPS) is 11.4. The van der Waals surface area contributed by atoms with Crippen LogP contribution >= 0.6 is 23.2 Å². The molecule has 98 valence electrons. The maximum absolute atomic E-state index is 10.6. The van der Waals surface area contributed by atoms with Crippen LogP contribution in [0.15, 0.2) is 24.3 Å². The Morgan fingerprint density at radius 2 is 2.17 bits per heavy atom. The van der Waals surface area contributed by atoms with E-state index in [1.54, 1.807) is 18.2 Å². The number of hydrogen-bond donors (Lipinski definition) is 2. The molecule has 0 saturated carbocycles. The van der Waals surface area contributed by atoms with Crippen LogP contribution in [0.2, 0.25) is 10.0 Å². The first kappa shape index (κ1) is 14.8. The van der Waals surface area contributed by atoms with Crippen LogP contribution in [-0.4, -0.2) is 17.7 Å². The minimum Gasteiger partial charge on any atom is -0.481 e. The second kappa shape index (κ2) is 7.26. The molecule has 1 aromatic rings. The zero-order chi connectivity index (χ0) is 13.5. The first-order valence-corrected chi connectivity index (χ1v) is 6.05. The van der Waals surface area contributed by atoms with E-state index in [4.69, 9.17) is 33.1 Å². The lowest BCUT2D eigenvalue weighted by Crippen LogP contribution is -2.13. The molecule has 0 aliphatic rings. The number of carboxylic acids is 1. The molecule has 2 N–H and O–H groups in total. The highest BCUT2D eigenvalue weighted by molar-refractivity contribution is 6.42. The average molecular weight is 290 g/mol. The minimum atomic E-state index is -0.925. The fraction of sp³-hybridized carbons (Fsp3) is 0.250. The van der Waals surface area contributed by atoms with Gasteiger partial charge in [-0.05, 0) is 25.1 Å². The molecule has 0 aromatic heterocycles. The summed E-state index contributed by atoms with van der Waals surface area (Å²) < 4.78 is 0. The van der Waals surface area contributed by atoms with Crippen LogP contribution < -0.4 is 5.48 Å². The average Bonchev–Trinajstić information content (AvgIpc) is 2.33. The molecular formula is C12H13Cl2NO3. The second-order valence-corrected chi connectivity index (χ2v) is 4.19. The number of halogens is 2. The number of carbonyl (C=O) groups is 1. The number of nitrogens with one attached hydrogen (secondary N) is 1. The highest BCUT2D eigenvalue weighted by Crippen LogP contribution is 2.25. The van der Waals surface area contributed by atoms with E-state index >= 15 is 0 Å². The summed E-state index contributed by atoms with van der Waals surface area (Å²) in [6.07, 6.45) is 1.40. The van der Waals surface area contributed by atoms with E-state index in [1.807, 2.05) is 6.92 Å². The fourth-order valence-electron chi connectivity index (χ4n) is 1.22. The molecule has 0 heterocycles. The minimum absolute atomic E-state index is 0.115. The Labute approximate surface area is 115 Å². The number of hydroxylamine groups is 1. The molecule has 0 amide bonds. The van der Waals surface area contributed by atoms with Crippen LogP contribution in [0.4, 0.5) is 0 Å². The molecule has 0 fully saturated rings. The van der Waals surface area contributed by atoms with Gasteiger partial charge in [-0.1, -0.05) is 29.3 Å². The van der Waals surface area contributed by atoms with E-state index in [0.29, 0.717) is 27.9 Å². The Hall–Kier alpha value is -1.23. The van der Waals surface area contributed by atoms with Gasteiger partial charge < -0.3 is 5.11 Å². The third kappa shape index (κ3) is 4.56. The van der Waals surface area contributed by atoms with E-state index in [9.17, 15) is 4.79 Å². The summed E-state index contributed by atoms with van der Waals surface area (Å²) in [7, 11) is 0. The summed E-state index contributed by atoms with van der Waals surface area (Å²) in [5.74, 6) is -0.925. The Morgan fingerprint density at radius 3 is 2.72 bits per heavy atom. The van der Waals surface area contributed by atoms with Crippen LogP contribution in [0.5, 0.6) is 0 Å². The molecule has 4 nitrogen and oxygen atoms in total. The van der Waals surface area contributed by atoms with Gasteiger partial charge in [0, 0.05) is 5.56 Å². The number of hydrogen-bond acceptors (Lipinski definition) is 3. The van der Waals surface area contributed by atoms with Gasteiger partial charge in [0.05, 0.1) is 28.8 Å². The molecular weight excluding hydrogens is 277 g/mol. The van der Waals surface area contributed by atoms with Gasteiger partial charge in [-0.15, -0.1) is 0 Å². The van der Waals surface area contributed by atoms with Crippen LogP contribution in [0, 0.1) is 0 Å². The third-order valence-corrected chi connectivity index (χ3v) is 2.78. The Kier molecular flexibility index (Phi) is 5.98. The molecule has 0 saturated heterocycles. The van der Waals surface area contributed by atoms with E-state index in [-0.39, 0.29) is 6.42 Å². The number of carboxylic acid groups (broad SMARTS) is 1. The van der Waals surface area contributed by atoms with Crippen molar-refractivity contribution in [3.8, 4) is 0 Å². The standard InChI is InChI=1S/C12H13Cl2NO3/c1-2-18-15-11(5-6-12(16)17)8-3-4-9(13)10(14)7-8/h3-5,7,15H,2,6H2,1H3,(H,16,17)/b11-5-. The molecule has 0 bridgehead atoms. The summed E-state index contributed by atoms with van der Waals surface area (Å²) in [6.45, 7) is 2.27. The van der Waals surface area contributed by atoms with E-state index < -0.39 is 5.97 Å². The van der Waals surface area contributed by atoms with Crippen molar-refractivity contribution in [1.82, 2.24) is 5.48 Å². The van der Waals surface area contributed by atoms with E-state index in [1.165, 1.54) is 6.08 Å². The summed E-state index contributed by atoms with van der Waals surface area (Å²) >= 11 is 11.7. The van der Waals surface area contributed by atoms with Crippen molar-refractivity contribution in [2.24, 2.45) is 0 Å². The molecule has 0 spiro atoms. The zero-order valence-electron chi connectivity index (χ0n) is 9.74. The quantitative estimate of drug-likeness (QED) is 0.789. The lowest BCUT2D eigenvalue weighted by Gasteiger charge is -2.11. The lowest BCUT2D eigenvalue weighted by atomic mass is 10.1. The Morgan fingerprint density at radius 1 is 1.44 bits per heavy atom. The monoisotopic (exact) mass is 289 g/mol. The number of benzene rings is 1. The van der Waals surface area contributed by atoms with Crippen molar-refractivity contribution >= 4 is 34.9 Å². The van der Waals surface area contributed by atoms with Gasteiger partial charge in [-0.25, -0.2) is 0 Å². The summed E-state index contributed by atoms with van der Waals surface area (Å²) in [4.78, 5) is 15.6. The van der Waals surface area contributed by atoms with Gasteiger partial charge in [0.1, 0.15) is 0 Å². The molecule has 1 rings (SSSR count). The van der Waals surface area contributed by atoms with Crippen LogP contribution in [-0.2, 0) is 9.63 Å². The highest BCUT2D eigenvalue weighted by Gasteiger charge is 2.06. The van der Waals surface area contributed by atoms with Crippen molar-refractivity contribution in [1.29, 1.82) is 0 Å². The predicted octanol–water partition coefficient (Wildman–Crippen LogP) is 3.35. The first-order valence-electron chi connectivity index (χ1n) is 5.29. The van der Waals surface area contributed by atoms with Gasteiger partial charge in [-0.2, -0.15) is 0 Å². The number of aliphatic carboxylic acids is 1. The predicted molar refractivity (Wildman–Crippen MR) is 71.5 cm³/mol. The van der Waals surface area contributed by atoms with Gasteiger partial charge in [0.25, 0.3) is 0 Å². The van der Waals surface area contributed by atoms with Crippen LogP contribution in [0.1, 0.15) is 18.9 Å². The van der Waals surface area contributed by atoms with Gasteiger partial charge in [0.15, 0.2) is 0 Å². The van der Waals surface area contributed by atoms with Gasteiger partial charge >= 0.3 is 5.97 Å². The highest BCUT2D eigenvalue weighted by atomic mass is 35.5. The molecule has 6 heteroatoms. The van der Waals surface area contributed by atoms with Crippen molar-refractivity contribution < 1.29 is 14.7 Å². The molecule has 18 heavy (non-hydrogen) atoms. The lowest BCUT2D eigenvalue weighted by molar-refractivity contribution is -0.136. The molecule has 0 radical (unpaired) electrons. The molecule has 1 aromatic carbocycles. The van der Waals surface area contributed by atoms with E-state index in [0.717, 1.165) is 0 Å². The maximum Gasteiger partial charge on any atom is 0.307 e. The smallest absolute Gasteiger partial charge is 0.307 e. The number of rotatable bonds is 6. The van der Waals surface area contributed by atoms with Crippen LogP contribution in [0.3, 0.4) is 0 Å². The largest absolute Gasteiger partial charge is 0.481 e. The Balaban J connectivity index is 2.96. The fourth-order valence-corrected chi connectivity index (χ4v) is 1.52. The second-order valence-electron chi connectivity index (χ2n) is 3.38. The summed E-state index contributed by atoms with van der Waals surface area (Å²) in [5, 5.41) is 9.51.